The molecule has 0 atom stereocenters. The molecule has 3 rings (SSSR count). The number of piperazine rings is 1. The fraction of sp³-hybridized carbons (Fsp3) is 0.529. The molecule has 0 N–H and O–H groups in total. The number of nitrogens with zero attached hydrogens (tertiary/aromatic N) is 3. The Morgan fingerprint density at radius 2 is 1.54 bits per heavy atom. The van der Waals surface area contributed by atoms with E-state index >= 15 is 0 Å². The number of ether oxygens (including phenoxy) is 1. The van der Waals surface area contributed by atoms with Gasteiger partial charge in [0.2, 0.25) is 5.91 Å². The van der Waals surface area contributed by atoms with Gasteiger partial charge in [-0.05, 0) is 24.3 Å². The Hall–Kier alpha value is -1.44. The standard InChI is InChI=1S/C17H22BrN3O3/c18-15-3-1-14(2-4-15)17(23)21-7-5-19(6-8-21)13-16(22)20-9-11-24-12-10-20/h1-4H,5-13H2. The largest absolute Gasteiger partial charge is 0.378 e. The van der Waals surface area contributed by atoms with E-state index in [1.807, 2.05) is 34.1 Å². The molecule has 2 amide bonds. The number of rotatable bonds is 3. The number of carbonyl (C=O) groups is 2. The minimum atomic E-state index is 0.0571. The highest BCUT2D eigenvalue weighted by molar-refractivity contribution is 9.10. The Balaban J connectivity index is 1.47. The summed E-state index contributed by atoms with van der Waals surface area (Å²) in [6, 6.07) is 7.43. The maximum absolute atomic E-state index is 12.5. The zero-order chi connectivity index (χ0) is 16.9. The van der Waals surface area contributed by atoms with Crippen LogP contribution < -0.4 is 0 Å². The van der Waals surface area contributed by atoms with Gasteiger partial charge < -0.3 is 14.5 Å². The van der Waals surface area contributed by atoms with Crippen molar-refractivity contribution < 1.29 is 14.3 Å². The molecule has 0 spiro atoms. The van der Waals surface area contributed by atoms with Gasteiger partial charge in [0.05, 0.1) is 19.8 Å². The van der Waals surface area contributed by atoms with Gasteiger partial charge in [0.25, 0.3) is 5.91 Å². The molecule has 2 saturated heterocycles. The maximum atomic E-state index is 12.5. The second-order valence-electron chi connectivity index (χ2n) is 6.07. The van der Waals surface area contributed by atoms with Gasteiger partial charge >= 0.3 is 0 Å². The summed E-state index contributed by atoms with van der Waals surface area (Å²) < 4.78 is 6.24. The van der Waals surface area contributed by atoms with E-state index < -0.39 is 0 Å². The lowest BCUT2D eigenvalue weighted by Gasteiger charge is -2.36. The number of hydrogen-bond donors (Lipinski definition) is 0. The number of hydrogen-bond acceptors (Lipinski definition) is 4. The van der Waals surface area contributed by atoms with Crippen molar-refractivity contribution in [3.8, 4) is 0 Å². The molecule has 1 aromatic rings. The fourth-order valence-corrected chi connectivity index (χ4v) is 3.25. The van der Waals surface area contributed by atoms with Gasteiger partial charge in [-0.3, -0.25) is 14.5 Å². The minimum Gasteiger partial charge on any atom is -0.378 e. The van der Waals surface area contributed by atoms with E-state index in [1.54, 1.807) is 0 Å². The summed E-state index contributed by atoms with van der Waals surface area (Å²) in [5.41, 5.74) is 0.705. The number of amides is 2. The molecule has 24 heavy (non-hydrogen) atoms. The molecule has 6 nitrogen and oxygen atoms in total. The lowest BCUT2D eigenvalue weighted by Crippen LogP contribution is -2.52. The number of benzene rings is 1. The second kappa shape index (κ2) is 8.09. The Kier molecular flexibility index (Phi) is 5.86. The van der Waals surface area contributed by atoms with E-state index in [1.165, 1.54) is 0 Å². The van der Waals surface area contributed by atoms with Crippen LogP contribution in [0.15, 0.2) is 28.7 Å². The summed E-state index contributed by atoms with van der Waals surface area (Å²) in [6.45, 7) is 5.83. The average Bonchev–Trinajstić information content (AvgIpc) is 2.63. The van der Waals surface area contributed by atoms with Crippen molar-refractivity contribution >= 4 is 27.7 Å². The van der Waals surface area contributed by atoms with E-state index in [0.717, 1.165) is 17.6 Å². The normalized spacial score (nSPS) is 19.4. The Labute approximate surface area is 150 Å². The molecular formula is C17H22BrN3O3. The van der Waals surface area contributed by atoms with Crippen molar-refractivity contribution in [2.75, 3.05) is 59.0 Å². The Morgan fingerprint density at radius 1 is 0.917 bits per heavy atom. The Bertz CT molecular complexity index is 579. The van der Waals surface area contributed by atoms with Crippen LogP contribution in [0.4, 0.5) is 0 Å². The first-order valence-corrected chi connectivity index (χ1v) is 9.05. The molecule has 1 aromatic carbocycles. The Morgan fingerprint density at radius 3 is 2.17 bits per heavy atom. The van der Waals surface area contributed by atoms with E-state index in [-0.39, 0.29) is 11.8 Å². The maximum Gasteiger partial charge on any atom is 0.253 e. The molecule has 0 bridgehead atoms. The van der Waals surface area contributed by atoms with E-state index in [0.29, 0.717) is 51.5 Å². The number of halogens is 1. The lowest BCUT2D eigenvalue weighted by atomic mass is 10.2. The third kappa shape index (κ3) is 4.34. The smallest absolute Gasteiger partial charge is 0.253 e. The molecular weight excluding hydrogens is 374 g/mol. The van der Waals surface area contributed by atoms with Gasteiger partial charge in [-0.15, -0.1) is 0 Å². The molecule has 7 heteroatoms. The SMILES string of the molecule is O=C(CN1CCN(C(=O)c2ccc(Br)cc2)CC1)N1CCOCC1. The molecule has 0 saturated carbocycles. The average molecular weight is 396 g/mol. The van der Waals surface area contributed by atoms with Crippen LogP contribution in [0.25, 0.3) is 0 Å². The molecule has 2 heterocycles. The number of morpholine rings is 1. The van der Waals surface area contributed by atoms with Gasteiger partial charge in [-0.25, -0.2) is 0 Å². The first-order valence-electron chi connectivity index (χ1n) is 8.26. The summed E-state index contributed by atoms with van der Waals surface area (Å²) in [5, 5.41) is 0. The first kappa shape index (κ1) is 17.4. The monoisotopic (exact) mass is 395 g/mol. The van der Waals surface area contributed by atoms with Crippen LogP contribution in [-0.4, -0.2) is 85.5 Å². The molecule has 0 aromatic heterocycles. The van der Waals surface area contributed by atoms with Crippen molar-refractivity contribution in [2.24, 2.45) is 0 Å². The summed E-state index contributed by atoms with van der Waals surface area (Å²) in [5.74, 6) is 0.215. The van der Waals surface area contributed by atoms with Crippen LogP contribution in [0.5, 0.6) is 0 Å². The summed E-state index contributed by atoms with van der Waals surface area (Å²) in [7, 11) is 0. The van der Waals surface area contributed by atoms with Crippen LogP contribution >= 0.6 is 15.9 Å². The van der Waals surface area contributed by atoms with Gasteiger partial charge in [0, 0.05) is 49.3 Å². The highest BCUT2D eigenvalue weighted by Crippen LogP contribution is 2.14. The highest BCUT2D eigenvalue weighted by Gasteiger charge is 2.25. The van der Waals surface area contributed by atoms with Gasteiger partial charge in [0.15, 0.2) is 0 Å². The van der Waals surface area contributed by atoms with Gasteiger partial charge in [-0.2, -0.15) is 0 Å². The van der Waals surface area contributed by atoms with Crippen LogP contribution in [0.1, 0.15) is 10.4 Å². The summed E-state index contributed by atoms with van der Waals surface area (Å²) in [6.07, 6.45) is 0. The lowest BCUT2D eigenvalue weighted by molar-refractivity contribution is -0.136. The predicted octanol–water partition coefficient (Wildman–Crippen LogP) is 1.07. The molecule has 2 aliphatic heterocycles. The molecule has 130 valence electrons. The third-order valence-corrected chi connectivity index (χ3v) is 5.00. The van der Waals surface area contributed by atoms with Crippen molar-refractivity contribution in [1.29, 1.82) is 0 Å². The van der Waals surface area contributed by atoms with Crippen LogP contribution in [0, 0.1) is 0 Å². The van der Waals surface area contributed by atoms with Crippen molar-refractivity contribution in [2.45, 2.75) is 0 Å². The second-order valence-corrected chi connectivity index (χ2v) is 6.98. The molecule has 0 unspecified atom stereocenters. The molecule has 0 radical (unpaired) electrons. The van der Waals surface area contributed by atoms with Crippen molar-refractivity contribution in [1.82, 2.24) is 14.7 Å². The zero-order valence-corrected chi connectivity index (χ0v) is 15.2. The van der Waals surface area contributed by atoms with Crippen molar-refractivity contribution in [3.05, 3.63) is 34.3 Å². The highest BCUT2D eigenvalue weighted by atomic mass is 79.9. The third-order valence-electron chi connectivity index (χ3n) is 4.47. The topological polar surface area (TPSA) is 53.1 Å². The first-order chi connectivity index (χ1) is 11.6. The fourth-order valence-electron chi connectivity index (χ4n) is 2.99. The summed E-state index contributed by atoms with van der Waals surface area (Å²) in [4.78, 5) is 30.6. The van der Waals surface area contributed by atoms with Gasteiger partial charge in [-0.1, -0.05) is 15.9 Å². The minimum absolute atomic E-state index is 0.0571. The molecule has 2 aliphatic rings. The van der Waals surface area contributed by atoms with E-state index in [9.17, 15) is 9.59 Å². The van der Waals surface area contributed by atoms with E-state index in [4.69, 9.17) is 4.74 Å². The van der Waals surface area contributed by atoms with Gasteiger partial charge in [0.1, 0.15) is 0 Å². The van der Waals surface area contributed by atoms with Crippen LogP contribution in [-0.2, 0) is 9.53 Å². The van der Waals surface area contributed by atoms with Crippen LogP contribution in [0.2, 0.25) is 0 Å². The molecule has 2 fully saturated rings. The summed E-state index contributed by atoms with van der Waals surface area (Å²) >= 11 is 3.38. The number of carbonyl (C=O) groups excluding carboxylic acids is 2. The zero-order valence-electron chi connectivity index (χ0n) is 13.6. The molecule has 0 aliphatic carbocycles. The van der Waals surface area contributed by atoms with E-state index in [2.05, 4.69) is 20.8 Å². The quantitative estimate of drug-likeness (QED) is 0.767. The van der Waals surface area contributed by atoms with Crippen molar-refractivity contribution in [3.63, 3.8) is 0 Å². The van der Waals surface area contributed by atoms with Crippen LogP contribution in [0.3, 0.4) is 0 Å². The predicted molar refractivity (Wildman–Crippen MR) is 93.9 cm³/mol.